The zero-order valence-corrected chi connectivity index (χ0v) is 18.0. The average Bonchev–Trinajstić information content (AvgIpc) is 3.06. The number of halogens is 1. The van der Waals surface area contributed by atoms with Gasteiger partial charge in [0, 0.05) is 29.1 Å². The van der Waals surface area contributed by atoms with Crippen LogP contribution in [0.2, 0.25) is 0 Å². The van der Waals surface area contributed by atoms with Crippen LogP contribution in [0.25, 0.3) is 10.9 Å². The summed E-state index contributed by atoms with van der Waals surface area (Å²) in [4.78, 5) is 24.4. The number of carbonyl (C=O) groups is 2. The number of nitrogens with one attached hydrogen (secondary N) is 1. The Morgan fingerprint density at radius 1 is 1.25 bits per heavy atom. The second-order valence-electron chi connectivity index (χ2n) is 8.35. The van der Waals surface area contributed by atoms with Gasteiger partial charge in [0.2, 0.25) is 5.91 Å². The number of hydrogen-bond donors (Lipinski definition) is 3. The Bertz CT molecular complexity index is 1170. The van der Waals surface area contributed by atoms with E-state index in [2.05, 4.69) is 5.32 Å². The third-order valence-corrected chi connectivity index (χ3v) is 6.32. The number of phenolic OH excluding ortho intramolecular Hbond substituents is 1. The molecule has 0 saturated carbocycles. The van der Waals surface area contributed by atoms with Crippen LogP contribution in [0.4, 0.5) is 4.39 Å². The number of phenols is 1. The highest BCUT2D eigenvalue weighted by atomic mass is 19.1. The Balaban J connectivity index is 1.55. The summed E-state index contributed by atoms with van der Waals surface area (Å²) in [5.41, 5.74) is 3.28. The molecule has 0 radical (unpaired) electrons. The maximum absolute atomic E-state index is 14.0. The molecule has 0 fully saturated rings. The summed E-state index contributed by atoms with van der Waals surface area (Å²) in [6.45, 7) is 1.83. The van der Waals surface area contributed by atoms with E-state index in [9.17, 15) is 24.2 Å². The summed E-state index contributed by atoms with van der Waals surface area (Å²) in [7, 11) is 0. The third-order valence-electron chi connectivity index (χ3n) is 6.32. The quantitative estimate of drug-likeness (QED) is 0.517. The molecule has 1 aromatic heterocycles. The molecule has 3 N–H and O–H groups in total. The van der Waals surface area contributed by atoms with Crippen molar-refractivity contribution in [2.24, 2.45) is 0 Å². The van der Waals surface area contributed by atoms with Crippen molar-refractivity contribution in [1.29, 1.82) is 0 Å². The number of carboxylic acid groups (broad SMARTS) is 1. The fraction of sp³-hybridized carbons (Fsp3) is 0.360. The zero-order valence-electron chi connectivity index (χ0n) is 18.0. The van der Waals surface area contributed by atoms with Gasteiger partial charge in [-0.05, 0) is 67.5 Å². The number of amides is 1. The molecule has 2 aromatic carbocycles. The number of fused-ring (bicyclic) bond motifs is 3. The maximum Gasteiger partial charge on any atom is 0.326 e. The molecule has 1 unspecified atom stereocenters. The molecular formula is C25H27FN2O4. The molecule has 0 bridgehead atoms. The predicted octanol–water partition coefficient (Wildman–Crippen LogP) is 4.13. The summed E-state index contributed by atoms with van der Waals surface area (Å²) in [5, 5.41) is 23.4. The minimum absolute atomic E-state index is 0.103. The number of aromatic nitrogens is 1. The standard InChI is InChI=1S/C25H27FN2O4/c1-2-20(25(31)32)28-21-10-8-16(26)13-18(21)19-14-17(9-11-22(19)28)27-24(30)12-7-15-5-3-4-6-23(15)29/h3-6,8,10,13,17,20,29H,2,7,9,11-12,14H2,1H3,(H,27,30)(H,31,32)/t17-,20?/m0/s1. The Hall–Kier alpha value is -3.35. The van der Waals surface area contributed by atoms with Crippen LogP contribution in [0.1, 0.15) is 49.0 Å². The predicted molar refractivity (Wildman–Crippen MR) is 119 cm³/mol. The number of benzene rings is 2. The van der Waals surface area contributed by atoms with Crippen LogP contribution >= 0.6 is 0 Å². The molecule has 1 heterocycles. The fourth-order valence-electron chi connectivity index (χ4n) is 4.78. The normalized spacial score (nSPS) is 16.5. The minimum Gasteiger partial charge on any atom is -0.508 e. The molecule has 1 amide bonds. The average molecular weight is 438 g/mol. The third kappa shape index (κ3) is 4.20. The highest BCUT2D eigenvalue weighted by Crippen LogP contribution is 2.36. The Labute approximate surface area is 185 Å². The topological polar surface area (TPSA) is 91.6 Å². The van der Waals surface area contributed by atoms with Crippen molar-refractivity contribution in [2.45, 2.75) is 57.5 Å². The van der Waals surface area contributed by atoms with E-state index in [1.54, 1.807) is 24.3 Å². The van der Waals surface area contributed by atoms with Crippen molar-refractivity contribution >= 4 is 22.8 Å². The van der Waals surface area contributed by atoms with Crippen molar-refractivity contribution < 1.29 is 24.2 Å². The second-order valence-corrected chi connectivity index (χ2v) is 8.35. The zero-order chi connectivity index (χ0) is 22.8. The lowest BCUT2D eigenvalue weighted by Gasteiger charge is -2.26. The summed E-state index contributed by atoms with van der Waals surface area (Å²) in [5.74, 6) is -1.19. The Morgan fingerprint density at radius 3 is 2.75 bits per heavy atom. The molecule has 0 saturated heterocycles. The molecule has 1 aliphatic carbocycles. The van der Waals surface area contributed by atoms with E-state index >= 15 is 0 Å². The van der Waals surface area contributed by atoms with E-state index in [1.807, 2.05) is 17.6 Å². The summed E-state index contributed by atoms with van der Waals surface area (Å²) in [6.07, 6.45) is 2.95. The van der Waals surface area contributed by atoms with Crippen molar-refractivity contribution in [3.05, 3.63) is 65.1 Å². The van der Waals surface area contributed by atoms with Gasteiger partial charge in [-0.25, -0.2) is 9.18 Å². The fourth-order valence-corrected chi connectivity index (χ4v) is 4.78. The van der Waals surface area contributed by atoms with Gasteiger partial charge in [0.25, 0.3) is 0 Å². The molecule has 32 heavy (non-hydrogen) atoms. The van der Waals surface area contributed by atoms with Crippen molar-refractivity contribution in [2.75, 3.05) is 0 Å². The van der Waals surface area contributed by atoms with Crippen LogP contribution in [0.5, 0.6) is 5.75 Å². The molecule has 0 aliphatic heterocycles. The van der Waals surface area contributed by atoms with Crippen LogP contribution in [0.15, 0.2) is 42.5 Å². The van der Waals surface area contributed by atoms with Crippen molar-refractivity contribution in [1.82, 2.24) is 9.88 Å². The van der Waals surface area contributed by atoms with Gasteiger partial charge in [-0.1, -0.05) is 25.1 Å². The number of carbonyl (C=O) groups excluding carboxylic acids is 1. The van der Waals surface area contributed by atoms with E-state index in [4.69, 9.17) is 0 Å². The highest BCUT2D eigenvalue weighted by Gasteiger charge is 2.30. The lowest BCUT2D eigenvalue weighted by atomic mass is 9.91. The van der Waals surface area contributed by atoms with Gasteiger partial charge in [-0.3, -0.25) is 4.79 Å². The smallest absolute Gasteiger partial charge is 0.326 e. The van der Waals surface area contributed by atoms with E-state index < -0.39 is 12.0 Å². The van der Waals surface area contributed by atoms with Crippen LogP contribution < -0.4 is 5.32 Å². The molecule has 168 valence electrons. The molecule has 4 rings (SSSR count). The number of rotatable bonds is 7. The Kier molecular flexibility index (Phi) is 6.17. The second kappa shape index (κ2) is 9.02. The summed E-state index contributed by atoms with van der Waals surface area (Å²) < 4.78 is 15.9. The number of para-hydroxylation sites is 1. The van der Waals surface area contributed by atoms with E-state index in [0.29, 0.717) is 37.5 Å². The van der Waals surface area contributed by atoms with E-state index in [0.717, 1.165) is 22.3 Å². The maximum atomic E-state index is 14.0. The van der Waals surface area contributed by atoms with Gasteiger partial charge in [0.15, 0.2) is 0 Å². The van der Waals surface area contributed by atoms with Gasteiger partial charge < -0.3 is 20.1 Å². The van der Waals surface area contributed by atoms with Gasteiger partial charge in [-0.2, -0.15) is 0 Å². The van der Waals surface area contributed by atoms with Crippen LogP contribution in [-0.2, 0) is 28.9 Å². The van der Waals surface area contributed by atoms with Crippen LogP contribution in [0.3, 0.4) is 0 Å². The van der Waals surface area contributed by atoms with Gasteiger partial charge in [-0.15, -0.1) is 0 Å². The highest BCUT2D eigenvalue weighted by molar-refractivity contribution is 5.88. The molecule has 2 atom stereocenters. The first-order valence-electron chi connectivity index (χ1n) is 11.0. The SMILES string of the molecule is CCC(C(=O)O)n1c2c(c3cc(F)ccc31)C[C@@H](NC(=O)CCc1ccccc1O)CC2. The monoisotopic (exact) mass is 438 g/mol. The number of aryl methyl sites for hydroxylation is 1. The van der Waals surface area contributed by atoms with Gasteiger partial charge >= 0.3 is 5.97 Å². The first kappa shape index (κ1) is 21.9. The van der Waals surface area contributed by atoms with Crippen LogP contribution in [-0.4, -0.2) is 32.7 Å². The van der Waals surface area contributed by atoms with Gasteiger partial charge in [0.05, 0.1) is 0 Å². The molecule has 7 heteroatoms. The minimum atomic E-state index is -0.906. The summed E-state index contributed by atoms with van der Waals surface area (Å²) >= 11 is 0. The number of aliphatic carboxylic acids is 1. The van der Waals surface area contributed by atoms with E-state index in [1.165, 1.54) is 12.1 Å². The molecular weight excluding hydrogens is 411 g/mol. The van der Waals surface area contributed by atoms with E-state index in [-0.39, 0.29) is 29.9 Å². The number of hydrogen-bond acceptors (Lipinski definition) is 3. The first-order chi connectivity index (χ1) is 15.4. The Morgan fingerprint density at radius 2 is 2.03 bits per heavy atom. The molecule has 1 aliphatic rings. The van der Waals surface area contributed by atoms with Gasteiger partial charge in [0.1, 0.15) is 17.6 Å². The lowest BCUT2D eigenvalue weighted by molar-refractivity contribution is -0.141. The number of aromatic hydroxyl groups is 1. The summed E-state index contributed by atoms with van der Waals surface area (Å²) in [6, 6.07) is 10.6. The van der Waals surface area contributed by atoms with Crippen molar-refractivity contribution in [3.63, 3.8) is 0 Å². The van der Waals surface area contributed by atoms with Crippen molar-refractivity contribution in [3.8, 4) is 5.75 Å². The molecule has 6 nitrogen and oxygen atoms in total. The number of carboxylic acids is 1. The first-order valence-corrected chi connectivity index (χ1v) is 11.0. The lowest BCUT2D eigenvalue weighted by Crippen LogP contribution is -2.39. The number of nitrogens with zero attached hydrogens (tertiary/aromatic N) is 1. The molecule has 3 aromatic rings. The molecule has 0 spiro atoms. The van der Waals surface area contributed by atoms with Crippen LogP contribution in [0, 0.1) is 5.82 Å². The largest absolute Gasteiger partial charge is 0.508 e.